The third-order valence-corrected chi connectivity index (χ3v) is 3.49. The summed E-state index contributed by atoms with van der Waals surface area (Å²) >= 11 is 0. The van der Waals surface area contributed by atoms with Crippen molar-refractivity contribution in [3.63, 3.8) is 0 Å². The summed E-state index contributed by atoms with van der Waals surface area (Å²) < 4.78 is 0. The van der Waals surface area contributed by atoms with Crippen molar-refractivity contribution in [3.8, 4) is 0 Å². The summed E-state index contributed by atoms with van der Waals surface area (Å²) in [5.41, 5.74) is 2.45. The van der Waals surface area contributed by atoms with Gasteiger partial charge in [-0.25, -0.2) is 0 Å². The molecule has 0 fully saturated rings. The highest BCUT2D eigenvalue weighted by atomic mass is 16.4. The normalized spacial score (nSPS) is 14.3. The number of carboxylic acid groups (broad SMARTS) is 1. The van der Waals surface area contributed by atoms with E-state index in [9.17, 15) is 4.79 Å². The molecule has 2 unspecified atom stereocenters. The van der Waals surface area contributed by atoms with E-state index in [1.807, 2.05) is 6.92 Å². The molecule has 2 nitrogen and oxygen atoms in total. The summed E-state index contributed by atoms with van der Waals surface area (Å²) in [6.07, 6.45) is 2.45. The van der Waals surface area contributed by atoms with E-state index in [2.05, 4.69) is 38.1 Å². The summed E-state index contributed by atoms with van der Waals surface area (Å²) in [7, 11) is 0. The second kappa shape index (κ2) is 6.43. The van der Waals surface area contributed by atoms with Crippen LogP contribution in [-0.2, 0) is 11.2 Å². The van der Waals surface area contributed by atoms with Crippen LogP contribution in [0.1, 0.15) is 50.7 Å². The number of aliphatic carboxylic acids is 1. The Hall–Kier alpha value is -1.31. The summed E-state index contributed by atoms with van der Waals surface area (Å²) in [5, 5.41) is 9.02. The molecule has 0 heterocycles. The van der Waals surface area contributed by atoms with E-state index in [4.69, 9.17) is 5.11 Å². The lowest BCUT2D eigenvalue weighted by atomic mass is 9.93. The zero-order chi connectivity index (χ0) is 12.8. The Labute approximate surface area is 104 Å². The second-order valence-electron chi connectivity index (χ2n) is 4.70. The molecule has 0 spiro atoms. The van der Waals surface area contributed by atoms with Crippen LogP contribution in [-0.4, -0.2) is 11.1 Å². The van der Waals surface area contributed by atoms with E-state index >= 15 is 0 Å². The van der Waals surface area contributed by atoms with Crippen LogP contribution < -0.4 is 0 Å². The first-order chi connectivity index (χ1) is 8.08. The molecule has 94 valence electrons. The minimum absolute atomic E-state index is 0.260. The van der Waals surface area contributed by atoms with Gasteiger partial charge in [-0.2, -0.15) is 0 Å². The van der Waals surface area contributed by atoms with Crippen molar-refractivity contribution in [2.75, 3.05) is 0 Å². The molecule has 0 aliphatic rings. The molecule has 0 aromatic heterocycles. The topological polar surface area (TPSA) is 37.3 Å². The summed E-state index contributed by atoms with van der Waals surface area (Å²) in [5.74, 6) is -0.381. The minimum atomic E-state index is -0.696. The highest BCUT2D eigenvalue weighted by Gasteiger charge is 2.15. The number of carbonyl (C=O) groups is 1. The quantitative estimate of drug-likeness (QED) is 0.811. The van der Waals surface area contributed by atoms with Crippen LogP contribution in [0.5, 0.6) is 0 Å². The number of carboxylic acids is 1. The Morgan fingerprint density at radius 1 is 1.18 bits per heavy atom. The van der Waals surface area contributed by atoms with Crippen molar-refractivity contribution in [3.05, 3.63) is 35.4 Å². The van der Waals surface area contributed by atoms with Gasteiger partial charge in [0.1, 0.15) is 0 Å². The van der Waals surface area contributed by atoms with Gasteiger partial charge >= 0.3 is 5.97 Å². The highest BCUT2D eigenvalue weighted by Crippen LogP contribution is 2.20. The van der Waals surface area contributed by atoms with Crippen LogP contribution in [0.2, 0.25) is 0 Å². The van der Waals surface area contributed by atoms with Gasteiger partial charge in [-0.3, -0.25) is 4.79 Å². The van der Waals surface area contributed by atoms with Crippen LogP contribution in [0.25, 0.3) is 0 Å². The van der Waals surface area contributed by atoms with Gasteiger partial charge in [-0.1, -0.05) is 45.0 Å². The molecule has 2 atom stereocenters. The molecule has 0 aliphatic heterocycles. The first kappa shape index (κ1) is 13.8. The summed E-state index contributed by atoms with van der Waals surface area (Å²) in [6.45, 7) is 6.31. The van der Waals surface area contributed by atoms with Gasteiger partial charge in [0.2, 0.25) is 0 Å². The monoisotopic (exact) mass is 234 g/mol. The van der Waals surface area contributed by atoms with E-state index in [-0.39, 0.29) is 5.92 Å². The Morgan fingerprint density at radius 2 is 1.76 bits per heavy atom. The fraction of sp³-hybridized carbons (Fsp3) is 0.533. The molecule has 1 rings (SSSR count). The Balaban J connectivity index is 2.71. The van der Waals surface area contributed by atoms with Crippen LogP contribution in [0.4, 0.5) is 0 Å². The second-order valence-corrected chi connectivity index (χ2v) is 4.70. The largest absolute Gasteiger partial charge is 0.481 e. The van der Waals surface area contributed by atoms with Gasteiger partial charge in [0.25, 0.3) is 0 Å². The van der Waals surface area contributed by atoms with Crippen LogP contribution >= 0.6 is 0 Å². The van der Waals surface area contributed by atoms with Gasteiger partial charge in [0.05, 0.1) is 5.92 Å². The van der Waals surface area contributed by atoms with Crippen LogP contribution in [0.3, 0.4) is 0 Å². The summed E-state index contributed by atoms with van der Waals surface area (Å²) in [4.78, 5) is 11.0. The van der Waals surface area contributed by atoms with Gasteiger partial charge in [-0.15, -0.1) is 0 Å². The lowest BCUT2D eigenvalue weighted by Crippen LogP contribution is -2.15. The van der Waals surface area contributed by atoms with Crippen molar-refractivity contribution in [2.45, 2.75) is 46.0 Å². The first-order valence-electron chi connectivity index (χ1n) is 6.40. The molecule has 0 bridgehead atoms. The molecular formula is C15H22O2. The lowest BCUT2D eigenvalue weighted by molar-refractivity contribution is -0.141. The number of hydrogen-bond donors (Lipinski definition) is 1. The van der Waals surface area contributed by atoms with E-state index in [1.165, 1.54) is 5.56 Å². The average Bonchev–Trinajstić information content (AvgIpc) is 2.35. The first-order valence-corrected chi connectivity index (χ1v) is 6.40. The molecular weight excluding hydrogens is 212 g/mol. The third-order valence-electron chi connectivity index (χ3n) is 3.49. The maximum atomic E-state index is 11.0. The average molecular weight is 234 g/mol. The molecule has 2 heteroatoms. The number of benzene rings is 1. The van der Waals surface area contributed by atoms with Gasteiger partial charge in [-0.05, 0) is 36.3 Å². The van der Waals surface area contributed by atoms with Crippen molar-refractivity contribution in [2.24, 2.45) is 5.92 Å². The van der Waals surface area contributed by atoms with Gasteiger partial charge in [0, 0.05) is 0 Å². The Kier molecular flexibility index (Phi) is 5.20. The minimum Gasteiger partial charge on any atom is -0.481 e. The van der Waals surface area contributed by atoms with Gasteiger partial charge in [0.15, 0.2) is 0 Å². The molecule has 0 radical (unpaired) electrons. The molecule has 0 saturated heterocycles. The molecule has 0 aliphatic carbocycles. The Bertz CT molecular complexity index is 354. The van der Waals surface area contributed by atoms with Crippen molar-refractivity contribution < 1.29 is 9.90 Å². The number of rotatable bonds is 6. The molecule has 1 N–H and O–H groups in total. The molecule has 0 amide bonds. The van der Waals surface area contributed by atoms with Crippen molar-refractivity contribution in [1.29, 1.82) is 0 Å². The fourth-order valence-electron chi connectivity index (χ4n) is 1.91. The molecule has 1 aromatic carbocycles. The number of hydrogen-bond acceptors (Lipinski definition) is 1. The van der Waals surface area contributed by atoms with E-state index in [0.29, 0.717) is 18.8 Å². The summed E-state index contributed by atoms with van der Waals surface area (Å²) in [6, 6.07) is 8.37. The van der Waals surface area contributed by atoms with E-state index in [1.54, 1.807) is 0 Å². The van der Waals surface area contributed by atoms with Crippen LogP contribution in [0, 0.1) is 5.92 Å². The van der Waals surface area contributed by atoms with E-state index < -0.39 is 5.97 Å². The third kappa shape index (κ3) is 3.88. The van der Waals surface area contributed by atoms with E-state index in [0.717, 1.165) is 12.0 Å². The maximum Gasteiger partial charge on any atom is 0.306 e. The molecule has 17 heavy (non-hydrogen) atoms. The van der Waals surface area contributed by atoms with Crippen LogP contribution in [0.15, 0.2) is 24.3 Å². The van der Waals surface area contributed by atoms with Crippen molar-refractivity contribution in [1.82, 2.24) is 0 Å². The predicted molar refractivity (Wildman–Crippen MR) is 70.3 cm³/mol. The zero-order valence-electron chi connectivity index (χ0n) is 10.9. The maximum absolute atomic E-state index is 11.0. The SMILES string of the molecule is CCC(Cc1ccc(C(C)CC)cc1)C(=O)O. The standard InChI is InChI=1S/C15H22O2/c1-4-11(3)14-8-6-12(7-9-14)10-13(5-2)15(16)17/h6-9,11,13H,4-5,10H2,1-3H3,(H,16,17). The fourth-order valence-corrected chi connectivity index (χ4v) is 1.91. The molecule has 0 saturated carbocycles. The lowest BCUT2D eigenvalue weighted by Gasteiger charge is -2.12. The zero-order valence-corrected chi connectivity index (χ0v) is 10.9. The highest BCUT2D eigenvalue weighted by molar-refractivity contribution is 5.70. The molecule has 1 aromatic rings. The van der Waals surface area contributed by atoms with Gasteiger partial charge < -0.3 is 5.11 Å². The smallest absolute Gasteiger partial charge is 0.306 e. The van der Waals surface area contributed by atoms with Crippen molar-refractivity contribution >= 4 is 5.97 Å². The predicted octanol–water partition coefficient (Wildman–Crippen LogP) is 3.85. The Morgan fingerprint density at radius 3 is 2.18 bits per heavy atom.